The van der Waals surface area contributed by atoms with Gasteiger partial charge < -0.3 is 10.1 Å². The van der Waals surface area contributed by atoms with Gasteiger partial charge in [-0.2, -0.15) is 0 Å². The SMILES string of the molecule is O=C(NCc1ccccc1)c1cccc(OC(=O)C2CCC2)c1. The summed E-state index contributed by atoms with van der Waals surface area (Å²) in [5, 5.41) is 2.86. The molecule has 2 aromatic rings. The van der Waals surface area contributed by atoms with Crippen LogP contribution < -0.4 is 10.1 Å². The van der Waals surface area contributed by atoms with E-state index in [1.54, 1.807) is 24.3 Å². The lowest BCUT2D eigenvalue weighted by atomic mass is 9.86. The zero-order valence-corrected chi connectivity index (χ0v) is 12.8. The maximum absolute atomic E-state index is 12.2. The normalized spacial score (nSPS) is 13.9. The Morgan fingerprint density at radius 1 is 1.04 bits per heavy atom. The Bertz CT molecular complexity index is 693. The highest BCUT2D eigenvalue weighted by Crippen LogP contribution is 2.28. The highest BCUT2D eigenvalue weighted by atomic mass is 16.5. The van der Waals surface area contributed by atoms with Gasteiger partial charge in [0.05, 0.1) is 5.92 Å². The van der Waals surface area contributed by atoms with Crippen molar-refractivity contribution in [3.05, 3.63) is 65.7 Å². The van der Waals surface area contributed by atoms with E-state index >= 15 is 0 Å². The van der Waals surface area contributed by atoms with Crippen molar-refractivity contribution in [2.24, 2.45) is 5.92 Å². The number of esters is 1. The Balaban J connectivity index is 1.59. The van der Waals surface area contributed by atoms with Crippen molar-refractivity contribution in [1.82, 2.24) is 5.32 Å². The van der Waals surface area contributed by atoms with Crippen molar-refractivity contribution in [1.29, 1.82) is 0 Å². The predicted octanol–water partition coefficient (Wildman–Crippen LogP) is 3.32. The third kappa shape index (κ3) is 3.97. The minimum atomic E-state index is -0.196. The average molecular weight is 309 g/mol. The Labute approximate surface area is 135 Å². The van der Waals surface area contributed by atoms with Crippen molar-refractivity contribution in [2.75, 3.05) is 0 Å². The summed E-state index contributed by atoms with van der Waals surface area (Å²) in [7, 11) is 0. The molecule has 118 valence electrons. The lowest BCUT2D eigenvalue weighted by Gasteiger charge is -2.22. The Kier molecular flexibility index (Phi) is 4.71. The van der Waals surface area contributed by atoms with Gasteiger partial charge in [-0.3, -0.25) is 9.59 Å². The van der Waals surface area contributed by atoms with Crippen LogP contribution >= 0.6 is 0 Å². The van der Waals surface area contributed by atoms with E-state index < -0.39 is 0 Å². The molecule has 4 heteroatoms. The predicted molar refractivity (Wildman–Crippen MR) is 87.0 cm³/mol. The summed E-state index contributed by atoms with van der Waals surface area (Å²) >= 11 is 0. The fraction of sp³-hybridized carbons (Fsp3) is 0.263. The van der Waals surface area contributed by atoms with E-state index in [4.69, 9.17) is 4.74 Å². The van der Waals surface area contributed by atoms with Gasteiger partial charge in [0, 0.05) is 12.1 Å². The van der Waals surface area contributed by atoms with Gasteiger partial charge in [0.25, 0.3) is 5.91 Å². The summed E-state index contributed by atoms with van der Waals surface area (Å²) in [6, 6.07) is 16.5. The van der Waals surface area contributed by atoms with Crippen LogP contribution in [0, 0.1) is 5.92 Å². The smallest absolute Gasteiger partial charge is 0.314 e. The van der Waals surface area contributed by atoms with E-state index in [2.05, 4.69) is 5.32 Å². The van der Waals surface area contributed by atoms with Crippen LogP contribution in [0.1, 0.15) is 35.2 Å². The van der Waals surface area contributed by atoms with Crippen LogP contribution in [0.5, 0.6) is 5.75 Å². The molecule has 0 aromatic heterocycles. The number of rotatable bonds is 5. The molecule has 0 bridgehead atoms. The van der Waals surface area contributed by atoms with E-state index in [1.807, 2.05) is 30.3 Å². The van der Waals surface area contributed by atoms with Crippen LogP contribution in [0.4, 0.5) is 0 Å². The van der Waals surface area contributed by atoms with Crippen LogP contribution in [-0.2, 0) is 11.3 Å². The molecule has 0 aliphatic heterocycles. The molecule has 0 atom stereocenters. The van der Waals surface area contributed by atoms with Gasteiger partial charge in [-0.25, -0.2) is 0 Å². The van der Waals surface area contributed by atoms with Gasteiger partial charge in [0.1, 0.15) is 5.75 Å². The van der Waals surface area contributed by atoms with Crippen LogP contribution in [-0.4, -0.2) is 11.9 Å². The maximum Gasteiger partial charge on any atom is 0.314 e. The van der Waals surface area contributed by atoms with Gasteiger partial charge in [-0.05, 0) is 36.6 Å². The van der Waals surface area contributed by atoms with Crippen LogP contribution in [0.15, 0.2) is 54.6 Å². The Hall–Kier alpha value is -2.62. The number of amides is 1. The van der Waals surface area contributed by atoms with E-state index in [1.165, 1.54) is 0 Å². The van der Waals surface area contributed by atoms with Gasteiger partial charge in [0.2, 0.25) is 0 Å². The summed E-state index contributed by atoms with van der Waals surface area (Å²) in [5.41, 5.74) is 1.52. The maximum atomic E-state index is 12.2. The second-order valence-electron chi connectivity index (χ2n) is 5.75. The number of hydrogen-bond donors (Lipinski definition) is 1. The molecule has 1 fully saturated rings. The quantitative estimate of drug-likeness (QED) is 0.681. The van der Waals surface area contributed by atoms with E-state index in [-0.39, 0.29) is 17.8 Å². The number of carbonyl (C=O) groups excluding carboxylic acids is 2. The molecule has 2 aromatic carbocycles. The third-order valence-corrected chi connectivity index (χ3v) is 4.05. The first-order valence-corrected chi connectivity index (χ1v) is 7.86. The topological polar surface area (TPSA) is 55.4 Å². The molecular weight excluding hydrogens is 290 g/mol. The van der Waals surface area contributed by atoms with Crippen molar-refractivity contribution < 1.29 is 14.3 Å². The first kappa shape index (κ1) is 15.3. The lowest BCUT2D eigenvalue weighted by Crippen LogP contribution is -2.26. The van der Waals surface area contributed by atoms with Crippen molar-refractivity contribution in [3.63, 3.8) is 0 Å². The highest BCUT2D eigenvalue weighted by molar-refractivity contribution is 5.94. The molecule has 4 nitrogen and oxygen atoms in total. The minimum Gasteiger partial charge on any atom is -0.426 e. The van der Waals surface area contributed by atoms with Crippen molar-refractivity contribution >= 4 is 11.9 Å². The number of hydrogen-bond acceptors (Lipinski definition) is 3. The molecule has 1 N–H and O–H groups in total. The zero-order chi connectivity index (χ0) is 16.1. The van der Waals surface area contributed by atoms with Crippen LogP contribution in [0.3, 0.4) is 0 Å². The van der Waals surface area contributed by atoms with Gasteiger partial charge >= 0.3 is 5.97 Å². The number of nitrogens with one attached hydrogen (secondary N) is 1. The largest absolute Gasteiger partial charge is 0.426 e. The monoisotopic (exact) mass is 309 g/mol. The second kappa shape index (κ2) is 7.09. The molecule has 1 saturated carbocycles. The summed E-state index contributed by atoms with van der Waals surface area (Å²) < 4.78 is 5.35. The summed E-state index contributed by atoms with van der Waals surface area (Å²) in [6.45, 7) is 0.464. The molecule has 0 saturated heterocycles. The molecule has 1 aliphatic carbocycles. The summed E-state index contributed by atoms with van der Waals surface area (Å²) in [5.74, 6) is 0.0633. The summed E-state index contributed by atoms with van der Waals surface area (Å²) in [6.07, 6.45) is 2.88. The van der Waals surface area contributed by atoms with E-state index in [9.17, 15) is 9.59 Å². The lowest BCUT2D eigenvalue weighted by molar-refractivity contribution is -0.141. The van der Waals surface area contributed by atoms with E-state index in [0.29, 0.717) is 17.9 Å². The standard InChI is InChI=1S/C19H19NO3/c21-18(20-13-14-6-2-1-3-7-14)16-10-5-11-17(12-16)23-19(22)15-8-4-9-15/h1-3,5-7,10-12,15H,4,8-9,13H2,(H,20,21). The number of ether oxygens (including phenoxy) is 1. The third-order valence-electron chi connectivity index (χ3n) is 4.05. The number of carbonyl (C=O) groups is 2. The molecule has 0 spiro atoms. The fourth-order valence-electron chi connectivity index (χ4n) is 2.42. The van der Waals surface area contributed by atoms with Gasteiger partial charge in [-0.15, -0.1) is 0 Å². The zero-order valence-electron chi connectivity index (χ0n) is 12.8. The molecular formula is C19H19NO3. The minimum absolute atomic E-state index is 0.0190. The molecule has 0 heterocycles. The average Bonchev–Trinajstić information content (AvgIpc) is 2.52. The van der Waals surface area contributed by atoms with Gasteiger partial charge in [-0.1, -0.05) is 42.8 Å². The summed E-state index contributed by atoms with van der Waals surface area (Å²) in [4.78, 5) is 24.1. The molecule has 0 unspecified atom stereocenters. The van der Waals surface area contributed by atoms with Gasteiger partial charge in [0.15, 0.2) is 0 Å². The Morgan fingerprint density at radius 3 is 2.52 bits per heavy atom. The molecule has 0 radical (unpaired) electrons. The van der Waals surface area contributed by atoms with E-state index in [0.717, 1.165) is 24.8 Å². The first-order chi connectivity index (χ1) is 11.2. The molecule has 23 heavy (non-hydrogen) atoms. The van der Waals surface area contributed by atoms with Crippen molar-refractivity contribution in [3.8, 4) is 5.75 Å². The number of benzene rings is 2. The van der Waals surface area contributed by atoms with Crippen molar-refractivity contribution in [2.45, 2.75) is 25.8 Å². The molecule has 1 amide bonds. The first-order valence-electron chi connectivity index (χ1n) is 7.86. The fourth-order valence-corrected chi connectivity index (χ4v) is 2.42. The molecule has 3 rings (SSSR count). The Morgan fingerprint density at radius 2 is 1.83 bits per heavy atom. The highest BCUT2D eigenvalue weighted by Gasteiger charge is 2.27. The van der Waals surface area contributed by atoms with Crippen LogP contribution in [0.25, 0.3) is 0 Å². The molecule has 1 aliphatic rings. The second-order valence-corrected chi connectivity index (χ2v) is 5.75. The van der Waals surface area contributed by atoms with Crippen LogP contribution in [0.2, 0.25) is 0 Å².